The van der Waals surface area contributed by atoms with Crippen LogP contribution in [0.1, 0.15) is 55.3 Å². The normalized spacial score (nSPS) is 19.6. The second-order valence-electron chi connectivity index (χ2n) is 7.95. The molecule has 0 aliphatic carbocycles. The maximum atomic E-state index is 13.7. The molecule has 30 heavy (non-hydrogen) atoms. The van der Waals surface area contributed by atoms with E-state index >= 15 is 0 Å². The van der Waals surface area contributed by atoms with Gasteiger partial charge in [0.1, 0.15) is 0 Å². The number of hydrogen-bond donors (Lipinski definition) is 1. The summed E-state index contributed by atoms with van der Waals surface area (Å²) in [6.45, 7) is 5.93. The SMILES string of the molecule is CCCCC[C@H]1C=C(C(=O)O)[C@@H](c2ccc(C)cc2)N1S(=O)(=O)c1ccc(C)cc1. The summed E-state index contributed by atoms with van der Waals surface area (Å²) in [5.41, 5.74) is 2.79. The first-order valence-corrected chi connectivity index (χ1v) is 11.8. The predicted molar refractivity (Wildman–Crippen MR) is 118 cm³/mol. The molecule has 2 aromatic rings. The zero-order valence-corrected chi connectivity index (χ0v) is 18.5. The van der Waals surface area contributed by atoms with Gasteiger partial charge in [0, 0.05) is 6.04 Å². The van der Waals surface area contributed by atoms with Crippen molar-refractivity contribution in [1.29, 1.82) is 0 Å². The van der Waals surface area contributed by atoms with Gasteiger partial charge in [0.25, 0.3) is 0 Å². The third kappa shape index (κ3) is 4.50. The minimum Gasteiger partial charge on any atom is -0.478 e. The molecule has 0 saturated heterocycles. The van der Waals surface area contributed by atoms with Crippen molar-refractivity contribution in [3.63, 3.8) is 0 Å². The molecule has 1 aliphatic heterocycles. The maximum absolute atomic E-state index is 13.7. The first-order chi connectivity index (χ1) is 14.3. The van der Waals surface area contributed by atoms with Crippen molar-refractivity contribution < 1.29 is 18.3 Å². The largest absolute Gasteiger partial charge is 0.478 e. The second-order valence-corrected chi connectivity index (χ2v) is 9.79. The Hall–Kier alpha value is -2.44. The second kappa shape index (κ2) is 9.14. The van der Waals surface area contributed by atoms with Crippen molar-refractivity contribution in [3.05, 3.63) is 76.9 Å². The van der Waals surface area contributed by atoms with Gasteiger partial charge in [0.2, 0.25) is 10.0 Å². The van der Waals surface area contributed by atoms with Gasteiger partial charge >= 0.3 is 5.97 Å². The minimum atomic E-state index is -3.90. The molecule has 2 aromatic carbocycles. The van der Waals surface area contributed by atoms with E-state index in [0.717, 1.165) is 30.4 Å². The third-order valence-corrected chi connectivity index (χ3v) is 7.49. The van der Waals surface area contributed by atoms with Crippen LogP contribution in [0.2, 0.25) is 0 Å². The highest BCUT2D eigenvalue weighted by Gasteiger charge is 2.45. The summed E-state index contributed by atoms with van der Waals surface area (Å²) in [5.74, 6) is -1.08. The Morgan fingerprint density at radius 1 is 0.967 bits per heavy atom. The van der Waals surface area contributed by atoms with E-state index in [-0.39, 0.29) is 10.5 Å². The van der Waals surface area contributed by atoms with E-state index in [9.17, 15) is 18.3 Å². The van der Waals surface area contributed by atoms with Gasteiger partial charge in [-0.2, -0.15) is 4.31 Å². The van der Waals surface area contributed by atoms with Crippen LogP contribution in [0.5, 0.6) is 0 Å². The van der Waals surface area contributed by atoms with E-state index in [1.807, 2.05) is 38.1 Å². The van der Waals surface area contributed by atoms with E-state index in [2.05, 4.69) is 6.92 Å². The molecule has 1 N–H and O–H groups in total. The van der Waals surface area contributed by atoms with Crippen molar-refractivity contribution in [3.8, 4) is 0 Å². The van der Waals surface area contributed by atoms with E-state index in [1.54, 1.807) is 30.3 Å². The molecule has 0 fully saturated rings. The van der Waals surface area contributed by atoms with Crippen molar-refractivity contribution >= 4 is 16.0 Å². The van der Waals surface area contributed by atoms with Crippen LogP contribution in [0, 0.1) is 13.8 Å². The lowest BCUT2D eigenvalue weighted by Crippen LogP contribution is -2.39. The molecule has 0 saturated carbocycles. The molecule has 0 unspecified atom stereocenters. The molecule has 0 radical (unpaired) electrons. The van der Waals surface area contributed by atoms with Crippen LogP contribution in [0.25, 0.3) is 0 Å². The topological polar surface area (TPSA) is 74.7 Å². The lowest BCUT2D eigenvalue weighted by molar-refractivity contribution is -0.133. The molecular formula is C24H29NO4S. The number of hydrogen-bond acceptors (Lipinski definition) is 3. The Morgan fingerprint density at radius 3 is 2.07 bits per heavy atom. The quantitative estimate of drug-likeness (QED) is 0.601. The van der Waals surface area contributed by atoms with Gasteiger partial charge in [-0.05, 0) is 38.0 Å². The Kier molecular flexibility index (Phi) is 6.78. The summed E-state index contributed by atoms with van der Waals surface area (Å²) >= 11 is 0. The molecule has 3 rings (SSSR count). The smallest absolute Gasteiger partial charge is 0.333 e. The van der Waals surface area contributed by atoms with E-state index in [0.29, 0.717) is 12.0 Å². The molecule has 1 aliphatic rings. The number of nitrogens with zero attached hydrogens (tertiary/aromatic N) is 1. The standard InChI is InChI=1S/C24H29NO4S/c1-4-5-6-7-20-16-22(24(26)27)23(19-12-8-17(2)9-13-19)25(20)30(28,29)21-14-10-18(3)11-15-21/h8-16,20,23H,4-7H2,1-3H3,(H,26,27)/t20-,23+/m0/s1. The number of aliphatic carboxylic acids is 1. The minimum absolute atomic E-state index is 0.121. The van der Waals surface area contributed by atoms with Crippen LogP contribution in [0.15, 0.2) is 65.1 Å². The van der Waals surface area contributed by atoms with Gasteiger partial charge in [-0.25, -0.2) is 13.2 Å². The predicted octanol–water partition coefficient (Wildman–Crippen LogP) is 5.01. The first kappa shape index (κ1) is 22.2. The summed E-state index contributed by atoms with van der Waals surface area (Å²) in [7, 11) is -3.90. The summed E-state index contributed by atoms with van der Waals surface area (Å²) in [5, 5.41) is 9.89. The van der Waals surface area contributed by atoms with Gasteiger partial charge in [0.15, 0.2) is 0 Å². The zero-order valence-electron chi connectivity index (χ0n) is 17.7. The molecule has 0 bridgehead atoms. The van der Waals surface area contributed by atoms with Crippen LogP contribution in [0.4, 0.5) is 0 Å². The van der Waals surface area contributed by atoms with Crippen LogP contribution < -0.4 is 0 Å². The molecule has 0 aromatic heterocycles. The molecule has 1 heterocycles. The molecule has 0 amide bonds. The highest BCUT2D eigenvalue weighted by atomic mass is 32.2. The number of carboxylic acid groups (broad SMARTS) is 1. The van der Waals surface area contributed by atoms with E-state index in [1.165, 1.54) is 4.31 Å². The first-order valence-electron chi connectivity index (χ1n) is 10.4. The summed E-state index contributed by atoms with van der Waals surface area (Å²) in [4.78, 5) is 12.3. The highest BCUT2D eigenvalue weighted by molar-refractivity contribution is 7.89. The molecule has 6 heteroatoms. The molecular weight excluding hydrogens is 398 g/mol. The fourth-order valence-electron chi connectivity index (χ4n) is 3.93. The van der Waals surface area contributed by atoms with Gasteiger partial charge in [0.05, 0.1) is 16.5 Å². The zero-order chi connectivity index (χ0) is 21.9. The Labute approximate surface area is 179 Å². The van der Waals surface area contributed by atoms with Crippen molar-refractivity contribution in [1.82, 2.24) is 4.31 Å². The fourth-order valence-corrected chi connectivity index (χ4v) is 5.69. The number of carboxylic acids is 1. The Morgan fingerprint density at radius 2 is 1.53 bits per heavy atom. The monoisotopic (exact) mass is 427 g/mol. The number of sulfonamides is 1. The molecule has 5 nitrogen and oxygen atoms in total. The van der Waals surface area contributed by atoms with Crippen LogP contribution >= 0.6 is 0 Å². The summed E-state index contributed by atoms with van der Waals surface area (Å²) in [6.07, 6.45) is 5.05. The van der Waals surface area contributed by atoms with Gasteiger partial charge in [-0.15, -0.1) is 0 Å². The van der Waals surface area contributed by atoms with Crippen LogP contribution in [-0.4, -0.2) is 29.8 Å². The maximum Gasteiger partial charge on any atom is 0.333 e. The molecule has 2 atom stereocenters. The van der Waals surface area contributed by atoms with E-state index < -0.39 is 28.1 Å². The highest BCUT2D eigenvalue weighted by Crippen LogP contribution is 2.42. The number of unbranched alkanes of at least 4 members (excludes halogenated alkanes) is 2. The van der Waals surface area contributed by atoms with Crippen LogP contribution in [0.3, 0.4) is 0 Å². The van der Waals surface area contributed by atoms with Crippen LogP contribution in [-0.2, 0) is 14.8 Å². The van der Waals surface area contributed by atoms with Gasteiger partial charge < -0.3 is 5.11 Å². The van der Waals surface area contributed by atoms with Crippen molar-refractivity contribution in [2.75, 3.05) is 0 Å². The average Bonchev–Trinajstić information content (AvgIpc) is 3.10. The third-order valence-electron chi connectivity index (χ3n) is 5.59. The van der Waals surface area contributed by atoms with E-state index in [4.69, 9.17) is 0 Å². The average molecular weight is 428 g/mol. The number of rotatable bonds is 8. The number of carbonyl (C=O) groups is 1. The Balaban J connectivity index is 2.12. The molecule has 160 valence electrons. The van der Waals surface area contributed by atoms with Gasteiger partial charge in [-0.1, -0.05) is 79.8 Å². The Bertz CT molecular complexity index is 1020. The van der Waals surface area contributed by atoms with Crippen molar-refractivity contribution in [2.24, 2.45) is 0 Å². The molecule has 0 spiro atoms. The summed E-state index contributed by atoms with van der Waals surface area (Å²) in [6, 6.07) is 12.8. The van der Waals surface area contributed by atoms with Gasteiger partial charge in [-0.3, -0.25) is 0 Å². The lowest BCUT2D eigenvalue weighted by Gasteiger charge is -2.31. The lowest BCUT2D eigenvalue weighted by atomic mass is 10.00. The number of aryl methyl sites for hydroxylation is 2. The fraction of sp³-hybridized carbons (Fsp3) is 0.375. The summed E-state index contributed by atoms with van der Waals surface area (Å²) < 4.78 is 28.8. The van der Waals surface area contributed by atoms with Crippen molar-refractivity contribution in [2.45, 2.75) is 63.4 Å². The number of benzene rings is 2.